The molecule has 1 aromatic carbocycles. The van der Waals surface area contributed by atoms with Gasteiger partial charge in [-0.1, -0.05) is 31.2 Å². The van der Waals surface area contributed by atoms with E-state index in [1.807, 2.05) is 0 Å². The van der Waals surface area contributed by atoms with Gasteiger partial charge in [0.1, 0.15) is 6.10 Å². The molecule has 1 rings (SSSR count). The Morgan fingerprint density at radius 2 is 1.40 bits per heavy atom. The van der Waals surface area contributed by atoms with Crippen molar-refractivity contribution in [1.29, 1.82) is 0 Å². The van der Waals surface area contributed by atoms with Crippen LogP contribution in [0.3, 0.4) is 0 Å². The van der Waals surface area contributed by atoms with Crippen LogP contribution in [0, 0.1) is 0 Å². The molecular formula is C12H11F7O. The Bertz CT molecular complexity index is 450. The minimum absolute atomic E-state index is 0.00975. The maximum absolute atomic E-state index is 13.7. The second-order valence-electron chi connectivity index (χ2n) is 4.16. The second-order valence-corrected chi connectivity index (χ2v) is 4.16. The summed E-state index contributed by atoms with van der Waals surface area (Å²) in [5, 5.41) is 9.41. The third-order valence-corrected chi connectivity index (χ3v) is 2.93. The van der Waals surface area contributed by atoms with Crippen molar-refractivity contribution in [2.24, 2.45) is 0 Å². The summed E-state index contributed by atoms with van der Waals surface area (Å²) in [6.45, 7) is 1.46. The van der Waals surface area contributed by atoms with E-state index in [1.165, 1.54) is 19.1 Å². The van der Waals surface area contributed by atoms with Gasteiger partial charge < -0.3 is 5.11 Å². The topological polar surface area (TPSA) is 20.2 Å². The highest BCUT2D eigenvalue weighted by molar-refractivity contribution is 5.32. The lowest BCUT2D eigenvalue weighted by molar-refractivity contribution is -0.366. The molecule has 0 aliphatic rings. The number of alkyl halides is 7. The lowest BCUT2D eigenvalue weighted by atomic mass is 9.88. The summed E-state index contributed by atoms with van der Waals surface area (Å²) in [6, 6.07) is 4.57. The molecule has 114 valence electrons. The molecule has 0 aliphatic carbocycles. The quantitative estimate of drug-likeness (QED) is 0.833. The van der Waals surface area contributed by atoms with Crippen molar-refractivity contribution in [1.82, 2.24) is 0 Å². The fourth-order valence-electron chi connectivity index (χ4n) is 1.81. The van der Waals surface area contributed by atoms with Crippen molar-refractivity contribution in [2.75, 3.05) is 0 Å². The van der Waals surface area contributed by atoms with Crippen LogP contribution in [0.2, 0.25) is 0 Å². The minimum Gasteiger partial charge on any atom is -0.384 e. The summed E-state index contributed by atoms with van der Waals surface area (Å²) < 4.78 is 88.8. The number of hydrogen-bond acceptors (Lipinski definition) is 1. The number of hydrogen-bond donors (Lipinski definition) is 1. The molecule has 0 heterocycles. The van der Waals surface area contributed by atoms with Gasteiger partial charge >= 0.3 is 18.0 Å². The summed E-state index contributed by atoms with van der Waals surface area (Å²) >= 11 is 0. The maximum Gasteiger partial charge on any atom is 0.434 e. The highest BCUT2D eigenvalue weighted by Crippen LogP contribution is 2.53. The smallest absolute Gasteiger partial charge is 0.384 e. The number of halogens is 7. The molecule has 1 unspecified atom stereocenters. The number of benzene rings is 1. The van der Waals surface area contributed by atoms with E-state index in [1.54, 1.807) is 0 Å². The molecule has 0 aliphatic heterocycles. The van der Waals surface area contributed by atoms with Crippen LogP contribution in [0.5, 0.6) is 0 Å². The van der Waals surface area contributed by atoms with Crippen molar-refractivity contribution in [3.05, 3.63) is 35.4 Å². The first-order chi connectivity index (χ1) is 8.96. The van der Waals surface area contributed by atoms with E-state index in [2.05, 4.69) is 0 Å². The molecule has 1 aromatic rings. The van der Waals surface area contributed by atoms with E-state index in [4.69, 9.17) is 0 Å². The van der Waals surface area contributed by atoms with Gasteiger partial charge in [0.25, 0.3) is 0 Å². The minimum atomic E-state index is -6.29. The molecule has 0 amide bonds. The fourth-order valence-corrected chi connectivity index (χ4v) is 1.81. The molecule has 1 nitrogen and oxygen atoms in total. The van der Waals surface area contributed by atoms with E-state index in [0.29, 0.717) is 0 Å². The van der Waals surface area contributed by atoms with Crippen molar-refractivity contribution in [3.63, 3.8) is 0 Å². The zero-order valence-electron chi connectivity index (χ0n) is 10.2. The fraction of sp³-hybridized carbons (Fsp3) is 0.500. The van der Waals surface area contributed by atoms with Crippen LogP contribution in [-0.2, 0) is 6.42 Å². The molecule has 0 fully saturated rings. The van der Waals surface area contributed by atoms with Crippen LogP contribution in [0.15, 0.2) is 24.3 Å². The molecule has 1 N–H and O–H groups in total. The van der Waals surface area contributed by atoms with Crippen molar-refractivity contribution in [2.45, 2.75) is 37.5 Å². The standard InChI is InChI=1S/C12H11F7O/c1-2-7-5-3-4-6-8(7)9(20)10(13,11(14,15)16)12(17,18)19/h3-6,9,20H,2H2,1H3. The summed E-state index contributed by atoms with van der Waals surface area (Å²) in [4.78, 5) is 0. The van der Waals surface area contributed by atoms with Gasteiger partial charge in [-0.2, -0.15) is 26.3 Å². The van der Waals surface area contributed by atoms with Gasteiger partial charge in [0.2, 0.25) is 0 Å². The average molecular weight is 304 g/mol. The van der Waals surface area contributed by atoms with E-state index in [0.717, 1.165) is 12.1 Å². The maximum atomic E-state index is 13.7. The monoisotopic (exact) mass is 304 g/mol. The lowest BCUT2D eigenvalue weighted by Gasteiger charge is -2.34. The molecule has 0 aromatic heterocycles. The van der Waals surface area contributed by atoms with Crippen LogP contribution < -0.4 is 0 Å². The van der Waals surface area contributed by atoms with Crippen LogP contribution in [0.25, 0.3) is 0 Å². The molecule has 0 saturated carbocycles. The zero-order chi connectivity index (χ0) is 15.8. The summed E-state index contributed by atoms with van der Waals surface area (Å²) in [5.41, 5.74) is -6.44. The largest absolute Gasteiger partial charge is 0.434 e. The molecule has 20 heavy (non-hydrogen) atoms. The molecule has 0 saturated heterocycles. The first-order valence-corrected chi connectivity index (χ1v) is 5.55. The second kappa shape index (κ2) is 5.23. The van der Waals surface area contributed by atoms with Gasteiger partial charge in [-0.05, 0) is 17.5 Å². The number of aryl methyl sites for hydroxylation is 1. The highest BCUT2D eigenvalue weighted by Gasteiger charge is 2.76. The van der Waals surface area contributed by atoms with E-state index < -0.39 is 29.7 Å². The molecule has 8 heteroatoms. The Labute approximate surface area is 110 Å². The molecular weight excluding hydrogens is 293 g/mol. The number of rotatable bonds is 3. The Hall–Kier alpha value is -1.31. The van der Waals surface area contributed by atoms with Crippen molar-refractivity contribution >= 4 is 0 Å². The van der Waals surface area contributed by atoms with Gasteiger partial charge in [0, 0.05) is 0 Å². The van der Waals surface area contributed by atoms with E-state index in [-0.39, 0.29) is 12.0 Å². The van der Waals surface area contributed by atoms with Crippen LogP contribution in [0.4, 0.5) is 30.7 Å². The molecule has 0 bridgehead atoms. The van der Waals surface area contributed by atoms with Gasteiger partial charge in [0.15, 0.2) is 0 Å². The Kier molecular flexibility index (Phi) is 4.38. The van der Waals surface area contributed by atoms with Gasteiger partial charge in [-0.15, -0.1) is 0 Å². The van der Waals surface area contributed by atoms with Crippen LogP contribution in [-0.4, -0.2) is 23.1 Å². The normalized spacial score (nSPS) is 15.2. The predicted molar refractivity (Wildman–Crippen MR) is 56.7 cm³/mol. The lowest BCUT2D eigenvalue weighted by Crippen LogP contribution is -2.57. The van der Waals surface area contributed by atoms with Crippen LogP contribution >= 0.6 is 0 Å². The van der Waals surface area contributed by atoms with Gasteiger partial charge in [0.05, 0.1) is 0 Å². The summed E-state index contributed by atoms with van der Waals surface area (Å²) in [7, 11) is 0. The number of aliphatic hydroxyl groups is 1. The van der Waals surface area contributed by atoms with Gasteiger partial charge in [-0.3, -0.25) is 0 Å². The average Bonchev–Trinajstić information content (AvgIpc) is 2.34. The predicted octanol–water partition coefficient (Wildman–Crippen LogP) is 4.12. The van der Waals surface area contributed by atoms with Crippen molar-refractivity contribution in [3.8, 4) is 0 Å². The van der Waals surface area contributed by atoms with Gasteiger partial charge in [-0.25, -0.2) is 4.39 Å². The number of aliphatic hydroxyl groups excluding tert-OH is 1. The van der Waals surface area contributed by atoms with E-state index >= 15 is 0 Å². The molecule has 0 radical (unpaired) electrons. The highest BCUT2D eigenvalue weighted by atomic mass is 19.4. The summed E-state index contributed by atoms with van der Waals surface area (Å²) in [5.74, 6) is 0. The Morgan fingerprint density at radius 3 is 1.80 bits per heavy atom. The third kappa shape index (κ3) is 2.61. The first kappa shape index (κ1) is 16.7. The zero-order valence-corrected chi connectivity index (χ0v) is 10.2. The Morgan fingerprint density at radius 1 is 0.950 bits per heavy atom. The first-order valence-electron chi connectivity index (χ1n) is 5.55. The van der Waals surface area contributed by atoms with Crippen LogP contribution in [0.1, 0.15) is 24.2 Å². The SMILES string of the molecule is CCc1ccccc1C(O)C(F)(C(F)(F)F)C(F)(F)F. The Balaban J connectivity index is 3.44. The van der Waals surface area contributed by atoms with E-state index in [9.17, 15) is 35.8 Å². The molecule has 0 spiro atoms. The summed E-state index contributed by atoms with van der Waals surface area (Å²) in [6.07, 6.45) is -15.9. The van der Waals surface area contributed by atoms with Crippen molar-refractivity contribution < 1.29 is 35.8 Å². The molecule has 1 atom stereocenters. The third-order valence-electron chi connectivity index (χ3n) is 2.93.